The molecule has 0 atom stereocenters. The lowest BCUT2D eigenvalue weighted by Gasteiger charge is -2.09. The fourth-order valence-corrected chi connectivity index (χ4v) is 0.953. The molecular formula is C9H13N. The Labute approximate surface area is 62.1 Å². The van der Waals surface area contributed by atoms with Gasteiger partial charge in [0.2, 0.25) is 0 Å². The van der Waals surface area contributed by atoms with Crippen molar-refractivity contribution < 1.29 is 0 Å². The summed E-state index contributed by atoms with van der Waals surface area (Å²) in [5.41, 5.74) is 1.32. The zero-order valence-corrected chi connectivity index (χ0v) is 6.14. The molecule has 0 saturated carbocycles. The summed E-state index contributed by atoms with van der Waals surface area (Å²) in [6, 6.07) is 0. The van der Waals surface area contributed by atoms with Crippen molar-refractivity contribution >= 4 is 0 Å². The molecule has 54 valence electrons. The molecule has 0 saturated heterocycles. The second-order valence-electron chi connectivity index (χ2n) is 2.33. The second kappa shape index (κ2) is 3.94. The van der Waals surface area contributed by atoms with E-state index in [0.717, 1.165) is 19.4 Å². The molecule has 1 nitrogen and oxygen atoms in total. The molecule has 0 unspecified atom stereocenters. The highest BCUT2D eigenvalue weighted by molar-refractivity contribution is 5.16. The molecule has 0 aromatic rings. The minimum atomic E-state index is 0.875. The third-order valence-corrected chi connectivity index (χ3v) is 1.49. The Hall–Kier alpha value is -0.980. The molecule has 1 aliphatic carbocycles. The van der Waals surface area contributed by atoms with Gasteiger partial charge < -0.3 is 5.32 Å². The third kappa shape index (κ3) is 2.09. The van der Waals surface area contributed by atoms with Gasteiger partial charge in [0.25, 0.3) is 0 Å². The third-order valence-electron chi connectivity index (χ3n) is 1.49. The SMILES string of the molecule is C=CCNC1=CC=CCC1. The van der Waals surface area contributed by atoms with Crippen LogP contribution in [0.1, 0.15) is 12.8 Å². The predicted molar refractivity (Wildman–Crippen MR) is 44.7 cm³/mol. The highest BCUT2D eigenvalue weighted by Crippen LogP contribution is 2.07. The normalized spacial score (nSPS) is 16.2. The summed E-state index contributed by atoms with van der Waals surface area (Å²) >= 11 is 0. The van der Waals surface area contributed by atoms with Crippen molar-refractivity contribution in [2.24, 2.45) is 0 Å². The van der Waals surface area contributed by atoms with Crippen molar-refractivity contribution in [2.75, 3.05) is 6.54 Å². The van der Waals surface area contributed by atoms with Crippen molar-refractivity contribution in [2.45, 2.75) is 12.8 Å². The molecule has 0 radical (unpaired) electrons. The Balaban J connectivity index is 2.32. The highest BCUT2D eigenvalue weighted by Gasteiger charge is 1.95. The monoisotopic (exact) mass is 135 g/mol. The van der Waals surface area contributed by atoms with E-state index in [0.29, 0.717) is 0 Å². The van der Waals surface area contributed by atoms with E-state index in [9.17, 15) is 0 Å². The van der Waals surface area contributed by atoms with Gasteiger partial charge in [0.05, 0.1) is 0 Å². The Morgan fingerprint density at radius 1 is 1.70 bits per heavy atom. The minimum absolute atomic E-state index is 0.875. The lowest BCUT2D eigenvalue weighted by atomic mass is 10.1. The van der Waals surface area contributed by atoms with E-state index in [1.807, 2.05) is 6.08 Å². The summed E-state index contributed by atoms with van der Waals surface area (Å²) in [7, 11) is 0. The first-order valence-corrected chi connectivity index (χ1v) is 3.64. The zero-order valence-electron chi connectivity index (χ0n) is 6.14. The molecule has 0 aromatic carbocycles. The number of allylic oxidation sites excluding steroid dienone is 4. The molecule has 0 amide bonds. The Morgan fingerprint density at radius 2 is 2.60 bits per heavy atom. The Morgan fingerprint density at radius 3 is 3.20 bits per heavy atom. The number of nitrogens with one attached hydrogen (secondary N) is 1. The first-order valence-electron chi connectivity index (χ1n) is 3.64. The van der Waals surface area contributed by atoms with Crippen LogP contribution in [0.2, 0.25) is 0 Å². The van der Waals surface area contributed by atoms with Crippen molar-refractivity contribution in [3.05, 3.63) is 36.6 Å². The summed E-state index contributed by atoms with van der Waals surface area (Å²) in [6.07, 6.45) is 10.6. The molecular weight excluding hydrogens is 122 g/mol. The van der Waals surface area contributed by atoms with E-state index < -0.39 is 0 Å². The summed E-state index contributed by atoms with van der Waals surface area (Å²) in [6.45, 7) is 4.51. The van der Waals surface area contributed by atoms with Crippen molar-refractivity contribution in [3.63, 3.8) is 0 Å². The topological polar surface area (TPSA) is 12.0 Å². The van der Waals surface area contributed by atoms with Gasteiger partial charge in [0.15, 0.2) is 0 Å². The van der Waals surface area contributed by atoms with Crippen LogP contribution >= 0.6 is 0 Å². The van der Waals surface area contributed by atoms with Crippen LogP contribution in [0.4, 0.5) is 0 Å². The van der Waals surface area contributed by atoms with E-state index >= 15 is 0 Å². The van der Waals surface area contributed by atoms with Gasteiger partial charge in [-0.15, -0.1) is 6.58 Å². The number of hydrogen-bond acceptors (Lipinski definition) is 1. The van der Waals surface area contributed by atoms with E-state index in [4.69, 9.17) is 0 Å². The number of hydrogen-bond donors (Lipinski definition) is 1. The lowest BCUT2D eigenvalue weighted by Crippen LogP contribution is -2.13. The molecule has 1 rings (SSSR count). The summed E-state index contributed by atoms with van der Waals surface area (Å²) in [4.78, 5) is 0. The van der Waals surface area contributed by atoms with Crippen molar-refractivity contribution in [1.29, 1.82) is 0 Å². The van der Waals surface area contributed by atoms with Gasteiger partial charge in [0, 0.05) is 12.2 Å². The van der Waals surface area contributed by atoms with E-state index in [2.05, 4.69) is 30.1 Å². The van der Waals surface area contributed by atoms with Crippen molar-refractivity contribution in [3.8, 4) is 0 Å². The second-order valence-corrected chi connectivity index (χ2v) is 2.33. The largest absolute Gasteiger partial charge is 0.385 e. The van der Waals surface area contributed by atoms with Crippen LogP contribution in [0.25, 0.3) is 0 Å². The van der Waals surface area contributed by atoms with E-state index in [1.165, 1.54) is 5.70 Å². The summed E-state index contributed by atoms with van der Waals surface area (Å²) < 4.78 is 0. The summed E-state index contributed by atoms with van der Waals surface area (Å²) in [5.74, 6) is 0. The summed E-state index contributed by atoms with van der Waals surface area (Å²) in [5, 5.41) is 3.26. The molecule has 0 aromatic heterocycles. The molecule has 0 heterocycles. The molecule has 10 heavy (non-hydrogen) atoms. The van der Waals surface area contributed by atoms with E-state index in [-0.39, 0.29) is 0 Å². The fraction of sp³-hybridized carbons (Fsp3) is 0.333. The average Bonchev–Trinajstić information content (AvgIpc) is 2.03. The molecule has 1 heteroatoms. The van der Waals surface area contributed by atoms with Crippen LogP contribution in [-0.2, 0) is 0 Å². The maximum absolute atomic E-state index is 3.64. The Kier molecular flexibility index (Phi) is 2.81. The predicted octanol–water partition coefficient (Wildman–Crippen LogP) is 2.00. The fourth-order valence-electron chi connectivity index (χ4n) is 0.953. The molecule has 0 bridgehead atoms. The molecule has 0 fully saturated rings. The standard InChI is InChI=1S/C9H13N/c1-2-8-10-9-6-4-3-5-7-9/h2-4,6,10H,1,5,7-8H2. The van der Waals surface area contributed by atoms with Gasteiger partial charge in [-0.25, -0.2) is 0 Å². The molecule has 1 N–H and O–H groups in total. The van der Waals surface area contributed by atoms with Crippen LogP contribution in [-0.4, -0.2) is 6.54 Å². The quantitative estimate of drug-likeness (QED) is 0.583. The average molecular weight is 135 g/mol. The number of rotatable bonds is 3. The maximum Gasteiger partial charge on any atom is 0.0325 e. The maximum atomic E-state index is 3.64. The van der Waals surface area contributed by atoms with Gasteiger partial charge >= 0.3 is 0 Å². The van der Waals surface area contributed by atoms with Crippen LogP contribution in [0, 0.1) is 0 Å². The Bertz CT molecular complexity index is 166. The van der Waals surface area contributed by atoms with Gasteiger partial charge in [-0.1, -0.05) is 18.2 Å². The van der Waals surface area contributed by atoms with Gasteiger partial charge in [-0.2, -0.15) is 0 Å². The van der Waals surface area contributed by atoms with Gasteiger partial charge in [-0.05, 0) is 18.9 Å². The molecule has 1 aliphatic rings. The zero-order chi connectivity index (χ0) is 7.23. The van der Waals surface area contributed by atoms with Gasteiger partial charge in [0.1, 0.15) is 0 Å². The molecule has 0 aliphatic heterocycles. The van der Waals surface area contributed by atoms with Crippen LogP contribution < -0.4 is 5.32 Å². The smallest absolute Gasteiger partial charge is 0.0325 e. The molecule has 0 spiro atoms. The minimum Gasteiger partial charge on any atom is -0.385 e. The van der Waals surface area contributed by atoms with Crippen LogP contribution in [0.15, 0.2) is 36.6 Å². The lowest BCUT2D eigenvalue weighted by molar-refractivity contribution is 0.802. The highest BCUT2D eigenvalue weighted by atomic mass is 14.9. The van der Waals surface area contributed by atoms with Crippen LogP contribution in [0.3, 0.4) is 0 Å². The first-order chi connectivity index (χ1) is 4.93. The first kappa shape index (κ1) is 7.13. The van der Waals surface area contributed by atoms with Crippen LogP contribution in [0.5, 0.6) is 0 Å². The van der Waals surface area contributed by atoms with Crippen molar-refractivity contribution in [1.82, 2.24) is 5.32 Å². The van der Waals surface area contributed by atoms with Gasteiger partial charge in [-0.3, -0.25) is 0 Å². The van der Waals surface area contributed by atoms with E-state index in [1.54, 1.807) is 0 Å².